The second-order valence-electron chi connectivity index (χ2n) is 6.22. The van der Waals surface area contributed by atoms with Crippen LogP contribution in [0.25, 0.3) is 0 Å². The molecule has 1 aliphatic rings. The molecular formula is C17H23NO5S. The van der Waals surface area contributed by atoms with Crippen molar-refractivity contribution in [2.24, 2.45) is 0 Å². The van der Waals surface area contributed by atoms with Crippen LogP contribution in [0.5, 0.6) is 0 Å². The highest BCUT2D eigenvalue weighted by Gasteiger charge is 2.39. The van der Waals surface area contributed by atoms with Crippen LogP contribution in [0, 0.1) is 6.92 Å². The summed E-state index contributed by atoms with van der Waals surface area (Å²) in [7, 11) is -1.91. The molecule has 0 aromatic heterocycles. The lowest BCUT2D eigenvalue weighted by atomic mass is 10.1. The third kappa shape index (κ3) is 4.35. The molecule has 1 saturated heterocycles. The second kappa shape index (κ2) is 7.34. The van der Waals surface area contributed by atoms with Gasteiger partial charge in [0, 0.05) is 6.04 Å². The smallest absolute Gasteiger partial charge is 0.328 e. The van der Waals surface area contributed by atoms with Crippen molar-refractivity contribution in [1.82, 2.24) is 4.90 Å². The van der Waals surface area contributed by atoms with Gasteiger partial charge in [-0.25, -0.2) is 13.2 Å². The van der Waals surface area contributed by atoms with Crippen LogP contribution in [-0.4, -0.2) is 55.9 Å². The van der Waals surface area contributed by atoms with E-state index in [9.17, 15) is 18.0 Å². The SMILES string of the molecule is COC(=O)[C@@H](C)N(C(=O)Cc1ccc(C)cc1)[C@H]1CCS(=O)(=O)C1. The average Bonchev–Trinajstić information content (AvgIpc) is 2.88. The van der Waals surface area contributed by atoms with Gasteiger partial charge in [-0.15, -0.1) is 0 Å². The normalized spacial score (nSPS) is 20.4. The Morgan fingerprint density at radius 2 is 1.92 bits per heavy atom. The minimum Gasteiger partial charge on any atom is -0.467 e. The number of ether oxygens (including phenoxy) is 1. The summed E-state index contributed by atoms with van der Waals surface area (Å²) >= 11 is 0. The Hall–Kier alpha value is -1.89. The molecule has 24 heavy (non-hydrogen) atoms. The Kier molecular flexibility index (Phi) is 5.64. The molecule has 0 N–H and O–H groups in total. The van der Waals surface area contributed by atoms with Crippen molar-refractivity contribution >= 4 is 21.7 Å². The molecule has 0 saturated carbocycles. The zero-order valence-corrected chi connectivity index (χ0v) is 15.0. The van der Waals surface area contributed by atoms with Gasteiger partial charge in [0.15, 0.2) is 9.84 Å². The number of amides is 1. The monoisotopic (exact) mass is 353 g/mol. The molecule has 0 radical (unpaired) electrons. The molecule has 0 spiro atoms. The van der Waals surface area contributed by atoms with Crippen LogP contribution < -0.4 is 0 Å². The van der Waals surface area contributed by atoms with E-state index >= 15 is 0 Å². The number of sulfone groups is 1. The molecule has 1 aromatic carbocycles. The van der Waals surface area contributed by atoms with E-state index in [1.54, 1.807) is 6.92 Å². The number of esters is 1. The minimum atomic E-state index is -3.16. The summed E-state index contributed by atoms with van der Waals surface area (Å²) in [6.07, 6.45) is 0.474. The van der Waals surface area contributed by atoms with E-state index in [1.165, 1.54) is 12.0 Å². The maximum absolute atomic E-state index is 12.8. The Bertz CT molecular complexity index is 711. The van der Waals surface area contributed by atoms with Gasteiger partial charge < -0.3 is 9.64 Å². The molecule has 0 unspecified atom stereocenters. The lowest BCUT2D eigenvalue weighted by molar-refractivity contribution is -0.153. The Morgan fingerprint density at radius 3 is 2.42 bits per heavy atom. The van der Waals surface area contributed by atoms with Crippen molar-refractivity contribution in [3.63, 3.8) is 0 Å². The molecule has 1 aliphatic heterocycles. The summed E-state index contributed by atoms with van der Waals surface area (Å²) in [5.74, 6) is -0.871. The van der Waals surface area contributed by atoms with Crippen LogP contribution in [-0.2, 0) is 30.6 Å². The molecule has 0 aliphatic carbocycles. The highest BCUT2D eigenvalue weighted by Crippen LogP contribution is 2.22. The standard InChI is InChI=1S/C17H23NO5S/c1-12-4-6-14(7-5-12)10-16(19)18(13(2)17(20)23-3)15-8-9-24(21,22)11-15/h4-7,13,15H,8-11H2,1-3H3/t13-,15+/m1/s1. The lowest BCUT2D eigenvalue weighted by Crippen LogP contribution is -2.50. The summed E-state index contributed by atoms with van der Waals surface area (Å²) in [6, 6.07) is 6.25. The summed E-state index contributed by atoms with van der Waals surface area (Å²) in [6.45, 7) is 3.53. The summed E-state index contributed by atoms with van der Waals surface area (Å²) in [5, 5.41) is 0. The fraction of sp³-hybridized carbons (Fsp3) is 0.529. The highest BCUT2D eigenvalue weighted by atomic mass is 32.2. The van der Waals surface area contributed by atoms with Crippen molar-refractivity contribution in [3.8, 4) is 0 Å². The van der Waals surface area contributed by atoms with E-state index in [1.807, 2.05) is 31.2 Å². The van der Waals surface area contributed by atoms with Crippen molar-refractivity contribution in [3.05, 3.63) is 35.4 Å². The molecule has 2 atom stereocenters. The van der Waals surface area contributed by atoms with Crippen molar-refractivity contribution in [2.75, 3.05) is 18.6 Å². The largest absolute Gasteiger partial charge is 0.467 e. The van der Waals surface area contributed by atoms with Crippen LogP contribution in [0.3, 0.4) is 0 Å². The molecule has 6 nitrogen and oxygen atoms in total. The number of methoxy groups -OCH3 is 1. The summed E-state index contributed by atoms with van der Waals surface area (Å²) in [5.41, 5.74) is 1.92. The average molecular weight is 353 g/mol. The van der Waals surface area contributed by atoms with Gasteiger partial charge in [0.05, 0.1) is 25.0 Å². The maximum atomic E-state index is 12.8. The number of rotatable bonds is 5. The number of benzene rings is 1. The quantitative estimate of drug-likeness (QED) is 0.741. The van der Waals surface area contributed by atoms with Gasteiger partial charge in [-0.1, -0.05) is 29.8 Å². The lowest BCUT2D eigenvalue weighted by Gasteiger charge is -2.32. The van der Waals surface area contributed by atoms with Gasteiger partial charge in [0.1, 0.15) is 6.04 Å². The van der Waals surface area contributed by atoms with Crippen LogP contribution in [0.2, 0.25) is 0 Å². The minimum absolute atomic E-state index is 0.0415. The third-order valence-corrected chi connectivity index (χ3v) is 6.08. The van der Waals surface area contributed by atoms with Crippen molar-refractivity contribution in [2.45, 2.75) is 38.8 Å². The van der Waals surface area contributed by atoms with Crippen LogP contribution in [0.15, 0.2) is 24.3 Å². The van der Waals surface area contributed by atoms with Crippen LogP contribution in [0.4, 0.5) is 0 Å². The Morgan fingerprint density at radius 1 is 1.29 bits per heavy atom. The molecule has 2 rings (SSSR count). The molecule has 1 fully saturated rings. The maximum Gasteiger partial charge on any atom is 0.328 e. The molecular weight excluding hydrogens is 330 g/mol. The number of carbonyl (C=O) groups is 2. The fourth-order valence-electron chi connectivity index (χ4n) is 2.99. The van der Waals surface area contributed by atoms with E-state index in [4.69, 9.17) is 4.74 Å². The topological polar surface area (TPSA) is 80.8 Å². The van der Waals surface area contributed by atoms with Gasteiger partial charge in [-0.3, -0.25) is 4.79 Å². The highest BCUT2D eigenvalue weighted by molar-refractivity contribution is 7.91. The zero-order valence-electron chi connectivity index (χ0n) is 14.2. The van der Waals surface area contributed by atoms with Crippen LogP contribution in [0.1, 0.15) is 24.5 Å². The summed E-state index contributed by atoms with van der Waals surface area (Å²) in [4.78, 5) is 26.1. The van der Waals surface area contributed by atoms with Gasteiger partial charge >= 0.3 is 5.97 Å². The first-order valence-corrected chi connectivity index (χ1v) is 9.70. The molecule has 132 valence electrons. The Labute approximate surface area is 142 Å². The van der Waals surface area contributed by atoms with Gasteiger partial charge in [-0.2, -0.15) is 0 Å². The van der Waals surface area contributed by atoms with E-state index in [0.717, 1.165) is 11.1 Å². The molecule has 1 heterocycles. The van der Waals surface area contributed by atoms with E-state index in [0.29, 0.717) is 6.42 Å². The predicted molar refractivity (Wildman–Crippen MR) is 90.3 cm³/mol. The zero-order chi connectivity index (χ0) is 17.9. The Balaban J connectivity index is 2.22. The molecule has 7 heteroatoms. The first-order chi connectivity index (χ1) is 11.2. The van der Waals surface area contributed by atoms with E-state index < -0.39 is 27.9 Å². The number of nitrogens with zero attached hydrogens (tertiary/aromatic N) is 1. The van der Waals surface area contributed by atoms with Crippen molar-refractivity contribution in [1.29, 1.82) is 0 Å². The van der Waals surface area contributed by atoms with Crippen molar-refractivity contribution < 1.29 is 22.7 Å². The summed E-state index contributed by atoms with van der Waals surface area (Å²) < 4.78 is 28.3. The number of aryl methyl sites for hydroxylation is 1. The van der Waals surface area contributed by atoms with E-state index in [2.05, 4.69) is 0 Å². The van der Waals surface area contributed by atoms with E-state index in [-0.39, 0.29) is 23.8 Å². The van der Waals surface area contributed by atoms with Gasteiger partial charge in [0.25, 0.3) is 0 Å². The van der Waals surface area contributed by atoms with Crippen LogP contribution >= 0.6 is 0 Å². The van der Waals surface area contributed by atoms with Gasteiger partial charge in [-0.05, 0) is 25.8 Å². The molecule has 0 bridgehead atoms. The predicted octanol–water partition coefficient (Wildman–Crippen LogP) is 1.11. The fourth-order valence-corrected chi connectivity index (χ4v) is 4.70. The molecule has 1 aromatic rings. The number of hydrogen-bond donors (Lipinski definition) is 0. The molecule has 1 amide bonds. The third-order valence-electron chi connectivity index (χ3n) is 4.33. The first kappa shape index (κ1) is 18.4. The number of carbonyl (C=O) groups excluding carboxylic acids is 2. The first-order valence-electron chi connectivity index (χ1n) is 7.88. The second-order valence-corrected chi connectivity index (χ2v) is 8.45. The van der Waals surface area contributed by atoms with Gasteiger partial charge in [0.2, 0.25) is 5.91 Å². The number of hydrogen-bond acceptors (Lipinski definition) is 5.